The Bertz CT molecular complexity index is 578. The van der Waals surface area contributed by atoms with Gasteiger partial charge in [0.25, 0.3) is 0 Å². The molecule has 0 radical (unpaired) electrons. The second-order valence-corrected chi connectivity index (χ2v) is 8.48. The average Bonchev–Trinajstić information content (AvgIpc) is 2.51. The molecule has 0 spiro atoms. The van der Waals surface area contributed by atoms with Gasteiger partial charge in [-0.3, -0.25) is 0 Å². The molecule has 0 saturated heterocycles. The lowest BCUT2D eigenvalue weighted by atomic mass is 10.2. The first-order valence-electron chi connectivity index (χ1n) is 6.91. The van der Waals surface area contributed by atoms with Crippen molar-refractivity contribution in [3.05, 3.63) is 39.5 Å². The first-order chi connectivity index (χ1) is 9.50. The van der Waals surface area contributed by atoms with Crippen molar-refractivity contribution in [3.8, 4) is 0 Å². The summed E-state index contributed by atoms with van der Waals surface area (Å²) >= 11 is 2.25. The van der Waals surface area contributed by atoms with Crippen molar-refractivity contribution >= 4 is 32.6 Å². The lowest BCUT2D eigenvalue weighted by molar-refractivity contribution is 0.429. The van der Waals surface area contributed by atoms with E-state index >= 15 is 0 Å². The van der Waals surface area contributed by atoms with E-state index in [4.69, 9.17) is 0 Å². The predicted molar refractivity (Wildman–Crippen MR) is 90.5 cm³/mol. The maximum atomic E-state index is 12.7. The van der Waals surface area contributed by atoms with Gasteiger partial charge in [0.05, 0.1) is 4.90 Å². The second kappa shape index (κ2) is 7.04. The SMILES string of the molecule is Cc1ccc(S(=O)(=O)N2CCCCC/C=C(\I)C2)cc1. The van der Waals surface area contributed by atoms with Crippen molar-refractivity contribution < 1.29 is 8.42 Å². The van der Waals surface area contributed by atoms with Crippen LogP contribution in [0.25, 0.3) is 0 Å². The minimum absolute atomic E-state index is 0.395. The van der Waals surface area contributed by atoms with Crippen LogP contribution in [0.4, 0.5) is 0 Å². The Morgan fingerprint density at radius 1 is 1.10 bits per heavy atom. The van der Waals surface area contributed by atoms with Crippen LogP contribution in [0.1, 0.15) is 31.2 Å². The number of rotatable bonds is 2. The van der Waals surface area contributed by atoms with Crippen LogP contribution in [-0.2, 0) is 10.0 Å². The number of nitrogens with zero attached hydrogens (tertiary/aromatic N) is 1. The largest absolute Gasteiger partial charge is 0.243 e. The molecule has 0 aliphatic carbocycles. The molecule has 5 heteroatoms. The zero-order valence-corrected chi connectivity index (χ0v) is 14.7. The topological polar surface area (TPSA) is 37.4 Å². The summed E-state index contributed by atoms with van der Waals surface area (Å²) in [5, 5.41) is 0. The van der Waals surface area contributed by atoms with Crippen LogP contribution < -0.4 is 0 Å². The van der Waals surface area contributed by atoms with E-state index in [2.05, 4.69) is 28.7 Å². The van der Waals surface area contributed by atoms with E-state index in [1.165, 1.54) is 0 Å². The van der Waals surface area contributed by atoms with Gasteiger partial charge in [0.1, 0.15) is 0 Å². The highest BCUT2D eigenvalue weighted by Gasteiger charge is 2.24. The van der Waals surface area contributed by atoms with Crippen LogP contribution in [0.3, 0.4) is 0 Å². The maximum absolute atomic E-state index is 12.7. The molecule has 1 aromatic rings. The fourth-order valence-corrected chi connectivity index (χ4v) is 4.66. The number of sulfonamides is 1. The minimum Gasteiger partial charge on any atom is -0.207 e. The summed E-state index contributed by atoms with van der Waals surface area (Å²) < 4.78 is 28.2. The van der Waals surface area contributed by atoms with Crippen LogP contribution in [0, 0.1) is 6.92 Å². The molecular weight excluding hydrogens is 385 g/mol. The zero-order valence-electron chi connectivity index (χ0n) is 11.7. The summed E-state index contributed by atoms with van der Waals surface area (Å²) in [6.07, 6.45) is 6.37. The Hall–Kier alpha value is -0.400. The van der Waals surface area contributed by atoms with Crippen LogP contribution in [0.15, 0.2) is 38.8 Å². The van der Waals surface area contributed by atoms with E-state index < -0.39 is 10.0 Å². The Balaban J connectivity index is 2.28. The summed E-state index contributed by atoms with van der Waals surface area (Å²) in [4.78, 5) is 0.395. The highest BCUT2D eigenvalue weighted by Crippen LogP contribution is 2.22. The average molecular weight is 405 g/mol. The molecule has 1 aromatic carbocycles. The van der Waals surface area contributed by atoms with E-state index in [9.17, 15) is 8.42 Å². The van der Waals surface area contributed by atoms with E-state index in [0.717, 1.165) is 34.8 Å². The first-order valence-corrected chi connectivity index (χ1v) is 9.43. The third-order valence-corrected chi connectivity index (χ3v) is 6.10. The number of benzene rings is 1. The van der Waals surface area contributed by atoms with Gasteiger partial charge in [-0.05, 0) is 60.9 Å². The van der Waals surface area contributed by atoms with E-state index in [-0.39, 0.29) is 0 Å². The number of hydrogen-bond acceptors (Lipinski definition) is 2. The molecule has 1 aliphatic rings. The van der Waals surface area contributed by atoms with Gasteiger partial charge < -0.3 is 0 Å². The standard InChI is InChI=1S/C15H20INO2S/c1-13-7-9-15(10-8-13)20(18,19)17-11-5-3-2-4-6-14(16)12-17/h6-10H,2-5,11-12H2,1H3/b14-6-. The van der Waals surface area contributed by atoms with Crippen molar-refractivity contribution in [1.82, 2.24) is 4.31 Å². The highest BCUT2D eigenvalue weighted by atomic mass is 127. The number of allylic oxidation sites excluding steroid dienone is 1. The van der Waals surface area contributed by atoms with Crippen molar-refractivity contribution in [2.75, 3.05) is 13.1 Å². The molecule has 0 saturated carbocycles. The van der Waals surface area contributed by atoms with E-state index in [1.807, 2.05) is 19.1 Å². The zero-order chi connectivity index (χ0) is 14.6. The van der Waals surface area contributed by atoms with Gasteiger partial charge in [-0.25, -0.2) is 8.42 Å². The van der Waals surface area contributed by atoms with Gasteiger partial charge in [-0.15, -0.1) is 0 Å². The molecule has 0 atom stereocenters. The van der Waals surface area contributed by atoms with Gasteiger partial charge in [-0.1, -0.05) is 30.2 Å². The van der Waals surface area contributed by atoms with Crippen molar-refractivity contribution in [1.29, 1.82) is 0 Å². The molecule has 1 heterocycles. The molecule has 0 unspecified atom stereocenters. The lowest BCUT2D eigenvalue weighted by Gasteiger charge is -2.21. The quantitative estimate of drug-likeness (QED) is 0.701. The number of hydrogen-bond donors (Lipinski definition) is 0. The van der Waals surface area contributed by atoms with Crippen molar-refractivity contribution in [3.63, 3.8) is 0 Å². The molecule has 2 rings (SSSR count). The molecule has 0 N–H and O–H groups in total. The molecular formula is C15H20INO2S. The Morgan fingerprint density at radius 2 is 1.80 bits per heavy atom. The predicted octanol–water partition coefficient (Wildman–Crippen LogP) is 3.88. The lowest BCUT2D eigenvalue weighted by Crippen LogP contribution is -2.33. The molecule has 0 amide bonds. The Labute approximate surface area is 135 Å². The van der Waals surface area contributed by atoms with E-state index in [0.29, 0.717) is 18.0 Å². The fraction of sp³-hybridized carbons (Fsp3) is 0.467. The molecule has 0 aromatic heterocycles. The fourth-order valence-electron chi connectivity index (χ4n) is 2.24. The van der Waals surface area contributed by atoms with Gasteiger partial charge in [0.15, 0.2) is 0 Å². The third-order valence-electron chi connectivity index (χ3n) is 3.46. The summed E-state index contributed by atoms with van der Waals surface area (Å²) in [6, 6.07) is 7.11. The summed E-state index contributed by atoms with van der Waals surface area (Å²) in [7, 11) is -3.38. The molecule has 110 valence electrons. The Kier molecular flexibility index (Phi) is 5.63. The normalized spacial score (nSPS) is 21.4. The summed E-state index contributed by atoms with van der Waals surface area (Å²) in [6.45, 7) is 3.07. The third kappa shape index (κ3) is 4.05. The monoisotopic (exact) mass is 405 g/mol. The van der Waals surface area contributed by atoms with Crippen molar-refractivity contribution in [2.45, 2.75) is 37.5 Å². The van der Waals surface area contributed by atoms with Crippen molar-refractivity contribution in [2.24, 2.45) is 0 Å². The van der Waals surface area contributed by atoms with Gasteiger partial charge >= 0.3 is 0 Å². The first kappa shape index (κ1) is 16.0. The van der Waals surface area contributed by atoms with Crippen LogP contribution >= 0.6 is 22.6 Å². The van der Waals surface area contributed by atoms with Gasteiger partial charge in [0, 0.05) is 16.7 Å². The molecule has 20 heavy (non-hydrogen) atoms. The summed E-state index contributed by atoms with van der Waals surface area (Å²) in [5.74, 6) is 0. The van der Waals surface area contributed by atoms with Gasteiger partial charge in [-0.2, -0.15) is 4.31 Å². The number of aryl methyl sites for hydroxylation is 1. The molecule has 0 fully saturated rings. The smallest absolute Gasteiger partial charge is 0.207 e. The van der Waals surface area contributed by atoms with Crippen LogP contribution in [0.2, 0.25) is 0 Å². The molecule has 0 bridgehead atoms. The number of halogens is 1. The van der Waals surface area contributed by atoms with Crippen LogP contribution in [-0.4, -0.2) is 25.8 Å². The van der Waals surface area contributed by atoms with E-state index in [1.54, 1.807) is 16.4 Å². The minimum atomic E-state index is -3.38. The molecule has 3 nitrogen and oxygen atoms in total. The Morgan fingerprint density at radius 3 is 2.50 bits per heavy atom. The highest BCUT2D eigenvalue weighted by molar-refractivity contribution is 14.1. The van der Waals surface area contributed by atoms with Crippen LogP contribution in [0.5, 0.6) is 0 Å². The maximum Gasteiger partial charge on any atom is 0.243 e. The molecule has 1 aliphatic heterocycles. The summed E-state index contributed by atoms with van der Waals surface area (Å²) in [5.41, 5.74) is 1.07. The van der Waals surface area contributed by atoms with Gasteiger partial charge in [0.2, 0.25) is 10.0 Å². The second-order valence-electron chi connectivity index (χ2n) is 5.15.